The molecule has 0 unspecified atom stereocenters. The van der Waals surface area contributed by atoms with Crippen LogP contribution in [-0.4, -0.2) is 30.9 Å². The van der Waals surface area contributed by atoms with Crippen molar-refractivity contribution in [3.8, 4) is 0 Å². The minimum Gasteiger partial charge on any atom is -0.342 e. The Hall–Kier alpha value is -1.56. The summed E-state index contributed by atoms with van der Waals surface area (Å²) in [6.45, 7) is 0.722. The highest BCUT2D eigenvalue weighted by Crippen LogP contribution is 2.32. The lowest BCUT2D eigenvalue weighted by atomic mass is 10.1. The van der Waals surface area contributed by atoms with Crippen LogP contribution in [0.1, 0.15) is 22.3 Å². The monoisotopic (exact) mass is 260 g/mol. The summed E-state index contributed by atoms with van der Waals surface area (Å²) in [6, 6.07) is 4.77. The molecule has 0 aliphatic carbocycles. The van der Waals surface area contributed by atoms with Crippen LogP contribution in [0.4, 0.5) is 13.2 Å². The van der Waals surface area contributed by atoms with Gasteiger partial charge in [-0.1, -0.05) is 12.1 Å². The van der Waals surface area contributed by atoms with E-state index in [1.807, 2.05) is 0 Å². The van der Waals surface area contributed by atoms with Crippen LogP contribution >= 0.6 is 0 Å². The van der Waals surface area contributed by atoms with Crippen molar-refractivity contribution >= 4 is 5.91 Å². The fraction of sp³-hybridized carbons (Fsp3) is 0.417. The van der Waals surface area contributed by atoms with Gasteiger partial charge in [0, 0.05) is 13.6 Å². The Morgan fingerprint density at radius 3 is 2.50 bits per heavy atom. The number of hydrogen-bond acceptors (Lipinski definition) is 2. The van der Waals surface area contributed by atoms with Crippen molar-refractivity contribution in [2.45, 2.75) is 12.6 Å². The molecule has 3 nitrogen and oxygen atoms in total. The average molecular weight is 260 g/mol. The van der Waals surface area contributed by atoms with Crippen LogP contribution in [0.5, 0.6) is 0 Å². The van der Waals surface area contributed by atoms with Crippen molar-refractivity contribution in [2.75, 3.05) is 20.1 Å². The molecule has 1 rings (SSSR count). The van der Waals surface area contributed by atoms with Crippen molar-refractivity contribution < 1.29 is 18.0 Å². The molecule has 0 heterocycles. The highest BCUT2D eigenvalue weighted by Gasteiger charge is 2.35. The Morgan fingerprint density at radius 1 is 1.33 bits per heavy atom. The topological polar surface area (TPSA) is 46.3 Å². The maximum atomic E-state index is 12.7. The molecule has 0 saturated heterocycles. The first-order valence-corrected chi connectivity index (χ1v) is 5.49. The molecular formula is C12H15F3N2O. The summed E-state index contributed by atoms with van der Waals surface area (Å²) in [5.74, 6) is -0.642. The highest BCUT2D eigenvalue weighted by molar-refractivity contribution is 5.95. The van der Waals surface area contributed by atoms with Gasteiger partial charge in [-0.2, -0.15) is 13.2 Å². The predicted octanol–water partition coefficient (Wildman–Crippen LogP) is 2.13. The van der Waals surface area contributed by atoms with Crippen molar-refractivity contribution in [2.24, 2.45) is 5.73 Å². The van der Waals surface area contributed by atoms with E-state index < -0.39 is 17.6 Å². The highest BCUT2D eigenvalue weighted by atomic mass is 19.4. The van der Waals surface area contributed by atoms with Gasteiger partial charge in [-0.3, -0.25) is 4.79 Å². The number of nitrogens with zero attached hydrogens (tertiary/aromatic N) is 1. The van der Waals surface area contributed by atoms with E-state index in [0.717, 1.165) is 6.07 Å². The molecule has 6 heteroatoms. The second kappa shape index (κ2) is 5.86. The third-order valence-corrected chi connectivity index (χ3v) is 2.51. The second-order valence-corrected chi connectivity index (χ2v) is 3.91. The number of nitrogens with two attached hydrogens (primary N) is 1. The molecule has 0 radical (unpaired) electrons. The minimum atomic E-state index is -4.53. The summed E-state index contributed by atoms with van der Waals surface area (Å²) in [5.41, 5.74) is 4.06. The summed E-state index contributed by atoms with van der Waals surface area (Å²) in [6.07, 6.45) is -3.97. The summed E-state index contributed by atoms with van der Waals surface area (Å²) in [7, 11) is 1.46. The fourth-order valence-corrected chi connectivity index (χ4v) is 1.55. The molecule has 0 atom stereocenters. The number of halogens is 3. The summed E-state index contributed by atoms with van der Waals surface area (Å²) < 4.78 is 38.2. The van der Waals surface area contributed by atoms with Crippen molar-refractivity contribution in [3.63, 3.8) is 0 Å². The number of hydrogen-bond donors (Lipinski definition) is 1. The Morgan fingerprint density at radius 2 is 1.94 bits per heavy atom. The molecule has 0 spiro atoms. The van der Waals surface area contributed by atoms with E-state index in [1.165, 1.54) is 30.1 Å². The minimum absolute atomic E-state index is 0.329. The third-order valence-electron chi connectivity index (χ3n) is 2.51. The maximum Gasteiger partial charge on any atom is 0.417 e. The third kappa shape index (κ3) is 3.46. The van der Waals surface area contributed by atoms with Crippen LogP contribution in [0.25, 0.3) is 0 Å². The molecule has 1 aromatic carbocycles. The van der Waals surface area contributed by atoms with E-state index in [1.54, 1.807) is 0 Å². The largest absolute Gasteiger partial charge is 0.417 e. The molecule has 100 valence electrons. The molecule has 1 amide bonds. The van der Waals surface area contributed by atoms with Crippen LogP contribution in [0.15, 0.2) is 24.3 Å². The number of rotatable bonds is 4. The van der Waals surface area contributed by atoms with Gasteiger partial charge in [0.05, 0.1) is 11.1 Å². The molecule has 18 heavy (non-hydrogen) atoms. The zero-order valence-corrected chi connectivity index (χ0v) is 10.00. The van der Waals surface area contributed by atoms with E-state index in [4.69, 9.17) is 5.73 Å². The first kappa shape index (κ1) is 14.5. The predicted molar refractivity (Wildman–Crippen MR) is 62.1 cm³/mol. The van der Waals surface area contributed by atoms with Gasteiger partial charge in [-0.25, -0.2) is 0 Å². The lowest BCUT2D eigenvalue weighted by Gasteiger charge is -2.19. The van der Waals surface area contributed by atoms with Crippen molar-refractivity contribution in [1.29, 1.82) is 0 Å². The van der Waals surface area contributed by atoms with Gasteiger partial charge >= 0.3 is 6.18 Å². The zero-order chi connectivity index (χ0) is 13.8. The van der Waals surface area contributed by atoms with Gasteiger partial charge in [-0.15, -0.1) is 0 Å². The SMILES string of the molecule is CN(CCCN)C(=O)c1ccccc1C(F)(F)F. The molecule has 1 aromatic rings. The van der Waals surface area contributed by atoms with Crippen LogP contribution in [0.2, 0.25) is 0 Å². The lowest BCUT2D eigenvalue weighted by molar-refractivity contribution is -0.138. The quantitative estimate of drug-likeness (QED) is 0.901. The van der Waals surface area contributed by atoms with E-state index in [9.17, 15) is 18.0 Å². The maximum absolute atomic E-state index is 12.7. The van der Waals surface area contributed by atoms with Crippen LogP contribution in [0, 0.1) is 0 Å². The zero-order valence-electron chi connectivity index (χ0n) is 10.00. The standard InChI is InChI=1S/C12H15F3N2O/c1-17(8-4-7-16)11(18)9-5-2-3-6-10(9)12(13,14)15/h2-3,5-6H,4,7-8,16H2,1H3. The Kier molecular flexibility index (Phi) is 4.72. The van der Waals surface area contributed by atoms with Crippen LogP contribution < -0.4 is 5.73 Å². The Bertz CT molecular complexity index is 418. The molecule has 0 aromatic heterocycles. The molecule has 2 N–H and O–H groups in total. The van der Waals surface area contributed by atoms with E-state index in [-0.39, 0.29) is 5.56 Å². The summed E-state index contributed by atoms with van der Waals surface area (Å²) in [4.78, 5) is 13.2. The van der Waals surface area contributed by atoms with Crippen molar-refractivity contribution in [3.05, 3.63) is 35.4 Å². The molecular weight excluding hydrogens is 245 g/mol. The number of carbonyl (C=O) groups is 1. The molecule has 0 fully saturated rings. The van der Waals surface area contributed by atoms with Crippen LogP contribution in [0.3, 0.4) is 0 Å². The molecule has 0 bridgehead atoms. The first-order valence-electron chi connectivity index (χ1n) is 5.49. The molecule has 0 aliphatic rings. The van der Waals surface area contributed by atoms with Gasteiger partial charge in [0.15, 0.2) is 0 Å². The second-order valence-electron chi connectivity index (χ2n) is 3.91. The first-order chi connectivity index (χ1) is 8.38. The fourth-order valence-electron chi connectivity index (χ4n) is 1.55. The lowest BCUT2D eigenvalue weighted by Crippen LogP contribution is -2.30. The van der Waals surface area contributed by atoms with Gasteiger partial charge < -0.3 is 10.6 Å². The average Bonchev–Trinajstić information content (AvgIpc) is 2.34. The number of alkyl halides is 3. The Balaban J connectivity index is 2.99. The van der Waals surface area contributed by atoms with Gasteiger partial charge in [0.2, 0.25) is 0 Å². The van der Waals surface area contributed by atoms with Crippen LogP contribution in [-0.2, 0) is 6.18 Å². The number of amides is 1. The van der Waals surface area contributed by atoms with Gasteiger partial charge in [-0.05, 0) is 25.1 Å². The van der Waals surface area contributed by atoms with E-state index in [2.05, 4.69) is 0 Å². The van der Waals surface area contributed by atoms with Gasteiger partial charge in [0.1, 0.15) is 0 Å². The number of carbonyl (C=O) groups excluding carboxylic acids is 1. The normalized spacial score (nSPS) is 11.4. The smallest absolute Gasteiger partial charge is 0.342 e. The van der Waals surface area contributed by atoms with E-state index >= 15 is 0 Å². The number of benzene rings is 1. The van der Waals surface area contributed by atoms with Gasteiger partial charge in [0.25, 0.3) is 5.91 Å². The molecule has 0 saturated carbocycles. The molecule has 0 aliphatic heterocycles. The Labute approximate surface area is 103 Å². The van der Waals surface area contributed by atoms with E-state index in [0.29, 0.717) is 19.5 Å². The summed E-state index contributed by atoms with van der Waals surface area (Å²) >= 11 is 0. The summed E-state index contributed by atoms with van der Waals surface area (Å²) in [5, 5.41) is 0. The van der Waals surface area contributed by atoms with Crippen molar-refractivity contribution in [1.82, 2.24) is 4.90 Å².